The molecule has 392 valence electrons. The molecule has 0 fully saturated rings. The van der Waals surface area contributed by atoms with Crippen molar-refractivity contribution in [1.29, 1.82) is 0 Å². The van der Waals surface area contributed by atoms with Crippen molar-refractivity contribution in [2.45, 2.75) is 290 Å². The lowest BCUT2D eigenvalue weighted by molar-refractivity contribution is -0.143. The Morgan fingerprint density at radius 3 is 0.701 bits per heavy atom. The molecule has 0 saturated heterocycles. The molecule has 0 saturated carbocycles. The Labute approximate surface area is 415 Å². The highest BCUT2D eigenvalue weighted by atomic mass is 16.4. The lowest BCUT2D eigenvalue weighted by Crippen LogP contribution is -2.33. The fraction of sp³-hybridized carbons (Fsp3) is 0.850. The summed E-state index contributed by atoms with van der Waals surface area (Å²) in [4.78, 5) is 39.5. The minimum absolute atomic E-state index is 0.443. The first-order chi connectivity index (χ1) is 32.8. The Kier molecular flexibility index (Phi) is 49.6. The SMILES string of the molecule is CCCCCCCCC=CCCCCCCC(CCN(CCC(CCCCCCC=CCCCCCCCC)C(=O)O)CCC(CCCCCCC=CCCCCCCCC)C(=O)O)C(=O)O. The van der Waals surface area contributed by atoms with Crippen molar-refractivity contribution in [2.75, 3.05) is 19.6 Å². The van der Waals surface area contributed by atoms with E-state index in [-0.39, 0.29) is 0 Å². The summed E-state index contributed by atoms with van der Waals surface area (Å²) in [6.07, 6.45) is 60.6. The molecule has 0 spiro atoms. The summed E-state index contributed by atoms with van der Waals surface area (Å²) in [7, 11) is 0. The van der Waals surface area contributed by atoms with Crippen LogP contribution in [-0.2, 0) is 14.4 Å². The monoisotopic (exact) mass is 942 g/mol. The molecule has 0 rings (SSSR count). The van der Waals surface area contributed by atoms with Crippen LogP contribution in [0.1, 0.15) is 290 Å². The summed E-state index contributed by atoms with van der Waals surface area (Å²) < 4.78 is 0. The number of unbranched alkanes of at least 4 members (excludes halogenated alkanes) is 30. The summed E-state index contributed by atoms with van der Waals surface area (Å²) in [5.74, 6) is -3.61. The highest BCUT2D eigenvalue weighted by molar-refractivity contribution is 5.70. The molecule has 0 amide bonds. The Morgan fingerprint density at radius 2 is 0.493 bits per heavy atom. The van der Waals surface area contributed by atoms with Crippen LogP contribution in [0.15, 0.2) is 36.5 Å². The topological polar surface area (TPSA) is 115 Å². The van der Waals surface area contributed by atoms with E-state index in [0.717, 1.165) is 96.3 Å². The van der Waals surface area contributed by atoms with Crippen LogP contribution in [0.5, 0.6) is 0 Å². The molecule has 3 atom stereocenters. The number of rotatable bonds is 54. The van der Waals surface area contributed by atoms with Gasteiger partial charge in [0.2, 0.25) is 0 Å². The van der Waals surface area contributed by atoms with Gasteiger partial charge in [-0.25, -0.2) is 0 Å². The Bertz CT molecular complexity index is 1040. The van der Waals surface area contributed by atoms with E-state index in [0.29, 0.717) is 58.2 Å². The zero-order valence-corrected chi connectivity index (χ0v) is 44.5. The van der Waals surface area contributed by atoms with Gasteiger partial charge in [-0.15, -0.1) is 0 Å². The Morgan fingerprint density at radius 1 is 0.299 bits per heavy atom. The van der Waals surface area contributed by atoms with Crippen LogP contribution in [0.25, 0.3) is 0 Å². The number of nitrogens with zero attached hydrogens (tertiary/aromatic N) is 1. The number of hydrogen-bond donors (Lipinski definition) is 3. The van der Waals surface area contributed by atoms with Crippen molar-refractivity contribution < 1.29 is 29.7 Å². The van der Waals surface area contributed by atoms with E-state index in [9.17, 15) is 29.7 Å². The van der Waals surface area contributed by atoms with E-state index in [1.165, 1.54) is 135 Å². The molecule has 67 heavy (non-hydrogen) atoms. The van der Waals surface area contributed by atoms with Gasteiger partial charge in [-0.1, -0.05) is 211 Å². The van der Waals surface area contributed by atoms with Crippen LogP contribution >= 0.6 is 0 Å². The van der Waals surface area contributed by atoms with Crippen molar-refractivity contribution in [3.63, 3.8) is 0 Å². The van der Waals surface area contributed by atoms with Gasteiger partial charge in [0.05, 0.1) is 17.8 Å². The van der Waals surface area contributed by atoms with Crippen LogP contribution in [0.3, 0.4) is 0 Å². The van der Waals surface area contributed by atoms with Crippen LogP contribution in [-0.4, -0.2) is 57.8 Å². The predicted octanol–water partition coefficient (Wildman–Crippen LogP) is 18.5. The number of hydrogen-bond acceptors (Lipinski definition) is 4. The molecule has 0 heterocycles. The fourth-order valence-corrected chi connectivity index (χ4v) is 9.38. The summed E-state index contributed by atoms with van der Waals surface area (Å²) in [5.41, 5.74) is 0. The van der Waals surface area contributed by atoms with Crippen molar-refractivity contribution in [2.24, 2.45) is 17.8 Å². The van der Waals surface area contributed by atoms with Crippen LogP contribution in [0.2, 0.25) is 0 Å². The number of allylic oxidation sites excluding steroid dienone is 6. The Hall–Kier alpha value is -2.41. The highest BCUT2D eigenvalue weighted by Gasteiger charge is 2.24. The third kappa shape index (κ3) is 45.8. The summed E-state index contributed by atoms with van der Waals surface area (Å²) in [5, 5.41) is 30.6. The van der Waals surface area contributed by atoms with E-state index in [1.54, 1.807) is 0 Å². The van der Waals surface area contributed by atoms with Gasteiger partial charge in [-0.05, 0) is 135 Å². The number of carboxylic acid groups (broad SMARTS) is 3. The first-order valence-electron chi connectivity index (χ1n) is 29.1. The average Bonchev–Trinajstić information content (AvgIpc) is 3.31. The zero-order valence-electron chi connectivity index (χ0n) is 44.5. The maximum atomic E-state index is 12.4. The molecule has 0 aromatic rings. The average molecular weight is 943 g/mol. The standard InChI is InChI=1S/C60H111NO6/c1-4-7-10-13-16-19-22-25-28-31-34-37-40-43-46-55(58(62)63)49-52-61(53-50-56(59(64)65)47-44-41-38-35-32-29-26-23-20-17-14-11-8-5-2)54-51-57(60(66)67)48-45-42-39-36-33-30-27-24-21-18-15-12-9-6-3/h25-30,55-57H,4-24,31-54H2,1-3H3,(H,62,63)(H,64,65)(H,66,67). The molecule has 3 unspecified atom stereocenters. The van der Waals surface area contributed by atoms with Gasteiger partial charge in [-0.3, -0.25) is 14.4 Å². The van der Waals surface area contributed by atoms with E-state index in [2.05, 4.69) is 62.1 Å². The largest absolute Gasteiger partial charge is 0.481 e. The van der Waals surface area contributed by atoms with Gasteiger partial charge in [-0.2, -0.15) is 0 Å². The minimum Gasteiger partial charge on any atom is -0.481 e. The lowest BCUT2D eigenvalue weighted by atomic mass is 9.94. The van der Waals surface area contributed by atoms with Crippen molar-refractivity contribution >= 4 is 17.9 Å². The van der Waals surface area contributed by atoms with Crippen LogP contribution < -0.4 is 0 Å². The molecule has 0 aliphatic heterocycles. The second kappa shape index (κ2) is 51.4. The molecule has 7 heteroatoms. The molecule has 0 aliphatic rings. The third-order valence-electron chi connectivity index (χ3n) is 14.1. The summed E-state index contributed by atoms with van der Waals surface area (Å²) in [6, 6.07) is 0. The van der Waals surface area contributed by atoms with Gasteiger partial charge in [0, 0.05) is 0 Å². The van der Waals surface area contributed by atoms with Gasteiger partial charge >= 0.3 is 17.9 Å². The number of aliphatic carboxylic acids is 3. The van der Waals surface area contributed by atoms with E-state index < -0.39 is 35.7 Å². The van der Waals surface area contributed by atoms with E-state index in [1.807, 2.05) is 0 Å². The first kappa shape index (κ1) is 64.6. The van der Waals surface area contributed by atoms with Crippen molar-refractivity contribution in [3.05, 3.63) is 36.5 Å². The molecular weight excluding hydrogens is 831 g/mol. The maximum Gasteiger partial charge on any atom is 0.306 e. The molecule has 0 radical (unpaired) electrons. The van der Waals surface area contributed by atoms with E-state index >= 15 is 0 Å². The molecule has 0 aliphatic carbocycles. The summed E-state index contributed by atoms with van der Waals surface area (Å²) in [6.45, 7) is 8.43. The smallest absolute Gasteiger partial charge is 0.306 e. The normalized spacial score (nSPS) is 13.4. The lowest BCUT2D eigenvalue weighted by Gasteiger charge is -2.27. The van der Waals surface area contributed by atoms with Crippen molar-refractivity contribution in [3.8, 4) is 0 Å². The second-order valence-electron chi connectivity index (χ2n) is 20.4. The van der Waals surface area contributed by atoms with Gasteiger partial charge < -0.3 is 20.2 Å². The number of carboxylic acids is 3. The molecule has 3 N–H and O–H groups in total. The minimum atomic E-state index is -0.758. The molecule has 0 aromatic carbocycles. The van der Waals surface area contributed by atoms with Gasteiger partial charge in [0.15, 0.2) is 0 Å². The van der Waals surface area contributed by atoms with Gasteiger partial charge in [0.1, 0.15) is 0 Å². The summed E-state index contributed by atoms with van der Waals surface area (Å²) >= 11 is 0. The van der Waals surface area contributed by atoms with Crippen LogP contribution in [0, 0.1) is 17.8 Å². The maximum absolute atomic E-state index is 12.4. The first-order valence-corrected chi connectivity index (χ1v) is 29.1. The fourth-order valence-electron chi connectivity index (χ4n) is 9.38. The zero-order chi connectivity index (χ0) is 49.1. The molecule has 7 nitrogen and oxygen atoms in total. The quantitative estimate of drug-likeness (QED) is 0.0411. The highest BCUT2D eigenvalue weighted by Crippen LogP contribution is 2.22. The number of carbonyl (C=O) groups is 3. The molecule has 0 bridgehead atoms. The predicted molar refractivity (Wildman–Crippen MR) is 288 cm³/mol. The second-order valence-corrected chi connectivity index (χ2v) is 20.4. The van der Waals surface area contributed by atoms with E-state index in [4.69, 9.17) is 0 Å². The van der Waals surface area contributed by atoms with Gasteiger partial charge in [0.25, 0.3) is 0 Å². The van der Waals surface area contributed by atoms with Crippen LogP contribution in [0.4, 0.5) is 0 Å². The van der Waals surface area contributed by atoms with Crippen molar-refractivity contribution in [1.82, 2.24) is 4.90 Å². The molecule has 0 aromatic heterocycles. The third-order valence-corrected chi connectivity index (χ3v) is 14.1. The molecular formula is C60H111NO6. The Balaban J connectivity index is 5.01.